The summed E-state index contributed by atoms with van der Waals surface area (Å²) in [6.07, 6.45) is 12.6. The van der Waals surface area contributed by atoms with Crippen LogP contribution < -0.4 is 0 Å². The number of hydrogen-bond donors (Lipinski definition) is 0. The van der Waals surface area contributed by atoms with E-state index in [0.29, 0.717) is 11.0 Å². The van der Waals surface area contributed by atoms with E-state index in [4.69, 9.17) is 0 Å². The second-order valence-corrected chi connectivity index (χ2v) is 8.21. The van der Waals surface area contributed by atoms with Crippen molar-refractivity contribution in [2.45, 2.75) is 39.2 Å². The first kappa shape index (κ1) is 17.0. The smallest absolute Gasteiger partial charge is 0.272 e. The summed E-state index contributed by atoms with van der Waals surface area (Å²) in [5, 5.41) is 4.62. The highest BCUT2D eigenvalue weighted by atomic mass is 16.1. The van der Waals surface area contributed by atoms with Crippen LogP contribution in [0.15, 0.2) is 53.9 Å². The molecular formula is C23H22N4O. The van der Waals surface area contributed by atoms with Gasteiger partial charge in [-0.15, -0.1) is 0 Å². The van der Waals surface area contributed by atoms with Crippen molar-refractivity contribution in [3.8, 4) is 22.4 Å². The van der Waals surface area contributed by atoms with Crippen molar-refractivity contribution in [1.29, 1.82) is 0 Å². The third kappa shape index (κ3) is 2.97. The molecule has 0 atom stereocenters. The monoisotopic (exact) mass is 370 g/mol. The van der Waals surface area contributed by atoms with E-state index in [-0.39, 0.29) is 5.91 Å². The molecule has 0 spiro atoms. The Hall–Kier alpha value is -3.08. The molecule has 0 N–H and O–H groups in total. The van der Waals surface area contributed by atoms with Gasteiger partial charge in [0, 0.05) is 47.4 Å². The van der Waals surface area contributed by atoms with Crippen molar-refractivity contribution in [1.82, 2.24) is 14.8 Å². The van der Waals surface area contributed by atoms with Crippen LogP contribution >= 0.6 is 0 Å². The number of rotatable bonds is 4. The van der Waals surface area contributed by atoms with Gasteiger partial charge in [-0.2, -0.15) is 5.10 Å². The highest BCUT2D eigenvalue weighted by Crippen LogP contribution is 2.39. The SMILES string of the molecule is CC1(Cn2cc(-c3cccnc3-c3ccc4c(c3)C(=O)N=C4)cn2)CCCC1. The molecule has 0 saturated heterocycles. The number of fused-ring (bicyclic) bond motifs is 1. The average Bonchev–Trinajstić information content (AvgIpc) is 3.43. The number of hydrogen-bond acceptors (Lipinski definition) is 3. The number of aliphatic imine (C=N–C) groups is 1. The third-order valence-electron chi connectivity index (χ3n) is 5.98. The van der Waals surface area contributed by atoms with Crippen molar-refractivity contribution < 1.29 is 4.79 Å². The Kier molecular flexibility index (Phi) is 3.97. The van der Waals surface area contributed by atoms with Crippen LogP contribution in [0, 0.1) is 5.41 Å². The molecule has 140 valence electrons. The van der Waals surface area contributed by atoms with Crippen molar-refractivity contribution in [3.63, 3.8) is 0 Å². The standard InChI is InChI=1S/C23H22N4O/c1-23(8-2-3-9-23)15-27-14-18(13-26-27)19-5-4-10-24-21(19)16-6-7-17-12-25-22(28)20(17)11-16/h4-7,10-14H,2-3,8-9,15H2,1H3. The number of carbonyl (C=O) groups is 1. The molecular weight excluding hydrogens is 348 g/mol. The van der Waals surface area contributed by atoms with Gasteiger partial charge in [-0.05, 0) is 30.4 Å². The van der Waals surface area contributed by atoms with Gasteiger partial charge in [0.05, 0.1) is 17.5 Å². The molecule has 0 unspecified atom stereocenters. The molecule has 1 amide bonds. The Balaban J connectivity index is 1.50. The van der Waals surface area contributed by atoms with E-state index >= 15 is 0 Å². The molecule has 5 rings (SSSR count). The van der Waals surface area contributed by atoms with Crippen LogP contribution in [-0.2, 0) is 6.54 Å². The molecule has 2 aromatic heterocycles. The number of carbonyl (C=O) groups excluding carboxylic acids is 1. The Bertz CT molecular complexity index is 1090. The largest absolute Gasteiger partial charge is 0.277 e. The zero-order valence-electron chi connectivity index (χ0n) is 15.9. The molecule has 0 radical (unpaired) electrons. The second-order valence-electron chi connectivity index (χ2n) is 8.21. The molecule has 1 aliphatic heterocycles. The molecule has 28 heavy (non-hydrogen) atoms. The first-order chi connectivity index (χ1) is 13.6. The third-order valence-corrected chi connectivity index (χ3v) is 5.98. The summed E-state index contributed by atoms with van der Waals surface area (Å²) in [5.74, 6) is -0.188. The molecule has 1 fully saturated rings. The lowest BCUT2D eigenvalue weighted by Crippen LogP contribution is -2.19. The summed E-state index contributed by atoms with van der Waals surface area (Å²) in [6.45, 7) is 3.31. The fraction of sp³-hybridized carbons (Fsp3) is 0.304. The topological polar surface area (TPSA) is 60.1 Å². The minimum Gasteiger partial charge on any atom is -0.272 e. The number of benzene rings is 1. The lowest BCUT2D eigenvalue weighted by Gasteiger charge is -2.22. The first-order valence-electron chi connectivity index (χ1n) is 9.82. The Morgan fingerprint density at radius 3 is 2.82 bits per heavy atom. The fourth-order valence-electron chi connectivity index (χ4n) is 4.43. The minimum absolute atomic E-state index is 0.188. The predicted octanol–water partition coefficient (Wildman–Crippen LogP) is 4.77. The summed E-state index contributed by atoms with van der Waals surface area (Å²) < 4.78 is 2.07. The summed E-state index contributed by atoms with van der Waals surface area (Å²) >= 11 is 0. The van der Waals surface area contributed by atoms with Crippen molar-refractivity contribution >= 4 is 12.1 Å². The fourth-order valence-corrected chi connectivity index (χ4v) is 4.43. The molecule has 5 nitrogen and oxygen atoms in total. The van der Waals surface area contributed by atoms with Crippen LogP contribution in [0.3, 0.4) is 0 Å². The molecule has 3 aromatic rings. The Labute approximate surface area is 164 Å². The van der Waals surface area contributed by atoms with Crippen LogP contribution in [0.1, 0.15) is 48.5 Å². The van der Waals surface area contributed by atoms with Gasteiger partial charge in [-0.1, -0.05) is 38.0 Å². The Morgan fingerprint density at radius 2 is 1.96 bits per heavy atom. The molecule has 0 bridgehead atoms. The quantitative estimate of drug-likeness (QED) is 0.665. The molecule has 2 aliphatic rings. The van der Waals surface area contributed by atoms with Crippen molar-refractivity contribution in [3.05, 3.63) is 60.0 Å². The van der Waals surface area contributed by atoms with Gasteiger partial charge in [-0.25, -0.2) is 4.99 Å². The van der Waals surface area contributed by atoms with Gasteiger partial charge in [0.15, 0.2) is 0 Å². The van der Waals surface area contributed by atoms with Gasteiger partial charge >= 0.3 is 0 Å². The molecule has 5 heteroatoms. The zero-order valence-corrected chi connectivity index (χ0v) is 15.9. The van der Waals surface area contributed by atoms with Crippen LogP contribution in [0.4, 0.5) is 0 Å². The van der Waals surface area contributed by atoms with E-state index < -0.39 is 0 Å². The normalized spacial score (nSPS) is 17.2. The molecule has 3 heterocycles. The van der Waals surface area contributed by atoms with Gasteiger partial charge < -0.3 is 0 Å². The number of amides is 1. The van der Waals surface area contributed by atoms with E-state index in [1.54, 1.807) is 12.4 Å². The maximum Gasteiger partial charge on any atom is 0.277 e. The van der Waals surface area contributed by atoms with Crippen molar-refractivity contribution in [2.75, 3.05) is 0 Å². The van der Waals surface area contributed by atoms with Crippen LogP contribution in [-0.4, -0.2) is 26.9 Å². The van der Waals surface area contributed by atoms with Crippen LogP contribution in [0.2, 0.25) is 0 Å². The van der Waals surface area contributed by atoms with Crippen LogP contribution in [0.25, 0.3) is 22.4 Å². The van der Waals surface area contributed by atoms with Crippen LogP contribution in [0.5, 0.6) is 0 Å². The lowest BCUT2D eigenvalue weighted by atomic mass is 9.89. The van der Waals surface area contributed by atoms with Gasteiger partial charge in [0.1, 0.15) is 0 Å². The lowest BCUT2D eigenvalue weighted by molar-refractivity contribution is 0.101. The van der Waals surface area contributed by atoms with E-state index in [1.807, 2.05) is 30.5 Å². The number of aromatic nitrogens is 3. The second kappa shape index (κ2) is 6.51. The molecule has 1 aromatic carbocycles. The molecule has 1 aliphatic carbocycles. The van der Waals surface area contributed by atoms with E-state index in [1.165, 1.54) is 25.7 Å². The molecule has 1 saturated carbocycles. The average molecular weight is 370 g/mol. The summed E-state index contributed by atoms with van der Waals surface area (Å²) in [4.78, 5) is 20.5. The summed E-state index contributed by atoms with van der Waals surface area (Å²) in [6, 6.07) is 9.82. The maximum atomic E-state index is 12.0. The maximum absolute atomic E-state index is 12.0. The summed E-state index contributed by atoms with van der Waals surface area (Å²) in [5.41, 5.74) is 5.70. The summed E-state index contributed by atoms with van der Waals surface area (Å²) in [7, 11) is 0. The Morgan fingerprint density at radius 1 is 1.11 bits per heavy atom. The predicted molar refractivity (Wildman–Crippen MR) is 109 cm³/mol. The first-order valence-corrected chi connectivity index (χ1v) is 9.82. The highest BCUT2D eigenvalue weighted by molar-refractivity contribution is 6.13. The van der Waals surface area contributed by atoms with Gasteiger partial charge in [0.25, 0.3) is 5.91 Å². The van der Waals surface area contributed by atoms with E-state index in [9.17, 15) is 4.79 Å². The van der Waals surface area contributed by atoms with E-state index in [2.05, 4.69) is 38.9 Å². The minimum atomic E-state index is -0.188. The highest BCUT2D eigenvalue weighted by Gasteiger charge is 2.29. The number of pyridine rings is 1. The number of nitrogens with zero attached hydrogens (tertiary/aromatic N) is 4. The van der Waals surface area contributed by atoms with Crippen molar-refractivity contribution in [2.24, 2.45) is 10.4 Å². The van der Waals surface area contributed by atoms with Gasteiger partial charge in [0.2, 0.25) is 0 Å². The van der Waals surface area contributed by atoms with Gasteiger partial charge in [-0.3, -0.25) is 14.5 Å². The van der Waals surface area contributed by atoms with E-state index in [0.717, 1.165) is 34.5 Å². The zero-order chi connectivity index (χ0) is 19.1.